The molecule has 0 aromatic heterocycles. The Morgan fingerprint density at radius 3 is 1.78 bits per heavy atom. The lowest BCUT2D eigenvalue weighted by molar-refractivity contribution is -0.138. The van der Waals surface area contributed by atoms with Crippen molar-refractivity contribution in [3.05, 3.63) is 30.3 Å². The number of hydrogen-bond donors (Lipinski definition) is 0. The van der Waals surface area contributed by atoms with Crippen LogP contribution in [0.5, 0.6) is 0 Å². The molecule has 3 fully saturated rings. The van der Waals surface area contributed by atoms with Crippen LogP contribution < -0.4 is 0 Å². The number of carbonyl (C=O) groups is 2. The highest BCUT2D eigenvalue weighted by atomic mass is 32.2. The molecular weight excluding hydrogens is 426 g/mol. The van der Waals surface area contributed by atoms with Crippen LogP contribution in [0.3, 0.4) is 0 Å². The van der Waals surface area contributed by atoms with Crippen molar-refractivity contribution in [3.8, 4) is 0 Å². The maximum absolute atomic E-state index is 13.3. The number of hydrogen-bond acceptors (Lipinski definition) is 4. The van der Waals surface area contributed by atoms with Gasteiger partial charge in [0, 0.05) is 51.1 Å². The normalized spacial score (nSPS) is 21.2. The quantitative estimate of drug-likeness (QED) is 0.626. The van der Waals surface area contributed by atoms with Crippen molar-refractivity contribution in [1.29, 1.82) is 0 Å². The molecule has 2 aliphatic heterocycles. The van der Waals surface area contributed by atoms with Gasteiger partial charge in [-0.15, -0.1) is 0 Å². The van der Waals surface area contributed by atoms with E-state index >= 15 is 0 Å². The molecule has 2 amide bonds. The van der Waals surface area contributed by atoms with E-state index < -0.39 is 10.0 Å². The standard InChI is InChI=1S/C24H35N3O4S/c1-19-11-15-25(16-12-19)23(28)9-10-24(29)26-17-13-21(14-18-26)27(20-7-8-20)32(30,31)22-5-3-2-4-6-22/h2-6,19-21H,7-18H2,1H3. The predicted molar refractivity (Wildman–Crippen MR) is 122 cm³/mol. The highest BCUT2D eigenvalue weighted by Gasteiger charge is 2.43. The first kappa shape index (κ1) is 23.2. The van der Waals surface area contributed by atoms with Crippen molar-refractivity contribution < 1.29 is 18.0 Å². The fourth-order valence-electron chi connectivity index (χ4n) is 4.89. The second-order valence-electron chi connectivity index (χ2n) is 9.55. The molecule has 1 aliphatic carbocycles. The number of sulfonamides is 1. The van der Waals surface area contributed by atoms with Gasteiger partial charge in [0.25, 0.3) is 0 Å². The lowest BCUT2D eigenvalue weighted by atomic mass is 9.99. The molecule has 7 nitrogen and oxygen atoms in total. The molecule has 2 heterocycles. The minimum Gasteiger partial charge on any atom is -0.343 e. The molecular formula is C24H35N3O4S. The van der Waals surface area contributed by atoms with Crippen molar-refractivity contribution in [2.24, 2.45) is 5.92 Å². The number of piperidine rings is 2. The average Bonchev–Trinajstić information content (AvgIpc) is 3.63. The Bertz CT molecular complexity index is 900. The van der Waals surface area contributed by atoms with Crippen LogP contribution in [0.1, 0.15) is 58.3 Å². The van der Waals surface area contributed by atoms with Crippen molar-refractivity contribution >= 4 is 21.8 Å². The van der Waals surface area contributed by atoms with Crippen LogP contribution in [0.15, 0.2) is 35.2 Å². The van der Waals surface area contributed by atoms with Gasteiger partial charge >= 0.3 is 0 Å². The van der Waals surface area contributed by atoms with Gasteiger partial charge in [0.05, 0.1) is 4.90 Å². The fourth-order valence-corrected chi connectivity index (χ4v) is 6.84. The van der Waals surface area contributed by atoms with Gasteiger partial charge in [-0.05, 0) is 56.6 Å². The SMILES string of the molecule is CC1CCN(C(=O)CCC(=O)N2CCC(N(C3CC3)S(=O)(=O)c3ccccc3)CC2)CC1. The molecule has 1 aromatic rings. The highest BCUT2D eigenvalue weighted by Crippen LogP contribution is 2.36. The highest BCUT2D eigenvalue weighted by molar-refractivity contribution is 7.89. The number of rotatable bonds is 7. The molecule has 3 aliphatic rings. The third-order valence-electron chi connectivity index (χ3n) is 7.09. The van der Waals surface area contributed by atoms with E-state index in [1.54, 1.807) is 28.6 Å². The number of amides is 2. The van der Waals surface area contributed by atoms with Gasteiger partial charge in [-0.1, -0.05) is 25.1 Å². The topological polar surface area (TPSA) is 78.0 Å². The van der Waals surface area contributed by atoms with E-state index in [0.717, 1.165) is 38.8 Å². The van der Waals surface area contributed by atoms with E-state index in [1.807, 2.05) is 15.9 Å². The number of benzene rings is 1. The Morgan fingerprint density at radius 1 is 0.812 bits per heavy atom. The lowest BCUT2D eigenvalue weighted by Crippen LogP contribution is -2.49. The van der Waals surface area contributed by atoms with Crippen LogP contribution in [0.2, 0.25) is 0 Å². The molecule has 1 saturated carbocycles. The van der Waals surface area contributed by atoms with Crippen LogP contribution in [0, 0.1) is 5.92 Å². The molecule has 0 spiro atoms. The van der Waals surface area contributed by atoms with Crippen LogP contribution >= 0.6 is 0 Å². The minimum atomic E-state index is -3.53. The van der Waals surface area contributed by atoms with E-state index in [2.05, 4.69) is 6.92 Å². The van der Waals surface area contributed by atoms with Crippen LogP contribution in [-0.2, 0) is 19.6 Å². The van der Waals surface area contributed by atoms with E-state index in [0.29, 0.717) is 36.7 Å². The molecule has 8 heteroatoms. The average molecular weight is 462 g/mol. The second-order valence-corrected chi connectivity index (χ2v) is 11.4. The summed E-state index contributed by atoms with van der Waals surface area (Å²) in [6.45, 7) is 4.91. The molecule has 0 atom stereocenters. The summed E-state index contributed by atoms with van der Waals surface area (Å²) in [6, 6.07) is 8.65. The van der Waals surface area contributed by atoms with Gasteiger partial charge in [0.15, 0.2) is 0 Å². The lowest BCUT2D eigenvalue weighted by Gasteiger charge is -2.38. The van der Waals surface area contributed by atoms with Crippen LogP contribution in [0.25, 0.3) is 0 Å². The molecule has 1 aromatic carbocycles. The summed E-state index contributed by atoms with van der Waals surface area (Å²) < 4.78 is 28.3. The summed E-state index contributed by atoms with van der Waals surface area (Å²) in [5.74, 6) is 0.753. The van der Waals surface area contributed by atoms with Gasteiger partial charge < -0.3 is 9.80 Å². The van der Waals surface area contributed by atoms with Crippen LogP contribution in [-0.4, -0.2) is 72.6 Å². The van der Waals surface area contributed by atoms with Gasteiger partial charge in [-0.3, -0.25) is 9.59 Å². The monoisotopic (exact) mass is 461 g/mol. The van der Waals surface area contributed by atoms with Crippen molar-refractivity contribution in [2.75, 3.05) is 26.2 Å². The number of carbonyl (C=O) groups excluding carboxylic acids is 2. The summed E-state index contributed by atoms with van der Waals surface area (Å²) >= 11 is 0. The zero-order chi connectivity index (χ0) is 22.7. The van der Waals surface area contributed by atoms with E-state index in [-0.39, 0.29) is 36.7 Å². The molecule has 2 saturated heterocycles. The summed E-state index contributed by atoms with van der Waals surface area (Å²) in [4.78, 5) is 29.2. The van der Waals surface area contributed by atoms with Crippen molar-refractivity contribution in [1.82, 2.24) is 14.1 Å². The Balaban J connectivity index is 1.29. The molecule has 32 heavy (non-hydrogen) atoms. The Labute approximate surface area is 191 Å². The van der Waals surface area contributed by atoms with Gasteiger partial charge in [-0.25, -0.2) is 8.42 Å². The molecule has 0 bridgehead atoms. The number of nitrogens with zero attached hydrogens (tertiary/aromatic N) is 3. The van der Waals surface area contributed by atoms with E-state index in [1.165, 1.54) is 0 Å². The first-order chi connectivity index (χ1) is 15.4. The summed E-state index contributed by atoms with van der Waals surface area (Å²) in [5, 5.41) is 0. The first-order valence-electron chi connectivity index (χ1n) is 12.0. The third kappa shape index (κ3) is 5.34. The fraction of sp³-hybridized carbons (Fsp3) is 0.667. The molecule has 4 rings (SSSR count). The zero-order valence-corrected chi connectivity index (χ0v) is 19.8. The van der Waals surface area contributed by atoms with Crippen LogP contribution in [0.4, 0.5) is 0 Å². The second kappa shape index (κ2) is 9.91. The minimum absolute atomic E-state index is 0.00562. The largest absolute Gasteiger partial charge is 0.343 e. The molecule has 176 valence electrons. The summed E-state index contributed by atoms with van der Waals surface area (Å²) in [6.07, 6.45) is 5.69. The maximum atomic E-state index is 13.3. The molecule has 0 unspecified atom stereocenters. The van der Waals surface area contributed by atoms with E-state index in [4.69, 9.17) is 0 Å². The Kier molecular flexibility index (Phi) is 7.20. The van der Waals surface area contributed by atoms with Crippen molar-refractivity contribution in [2.45, 2.75) is 75.3 Å². The maximum Gasteiger partial charge on any atom is 0.243 e. The van der Waals surface area contributed by atoms with Gasteiger partial charge in [0.2, 0.25) is 21.8 Å². The first-order valence-corrected chi connectivity index (χ1v) is 13.4. The van der Waals surface area contributed by atoms with E-state index in [9.17, 15) is 18.0 Å². The summed E-state index contributed by atoms with van der Waals surface area (Å²) in [5.41, 5.74) is 0. The smallest absolute Gasteiger partial charge is 0.243 e. The van der Waals surface area contributed by atoms with Crippen molar-refractivity contribution in [3.63, 3.8) is 0 Å². The Hall–Kier alpha value is -1.93. The van der Waals surface area contributed by atoms with Gasteiger partial charge in [-0.2, -0.15) is 4.31 Å². The number of likely N-dealkylation sites (tertiary alicyclic amines) is 2. The van der Waals surface area contributed by atoms with Gasteiger partial charge in [0.1, 0.15) is 0 Å². The Morgan fingerprint density at radius 2 is 1.28 bits per heavy atom. The molecule has 0 radical (unpaired) electrons. The molecule has 0 N–H and O–H groups in total. The zero-order valence-electron chi connectivity index (χ0n) is 19.0. The summed E-state index contributed by atoms with van der Waals surface area (Å²) in [7, 11) is -3.53. The predicted octanol–water partition coefficient (Wildman–Crippen LogP) is 2.87. The third-order valence-corrected chi connectivity index (χ3v) is 9.11.